The van der Waals surface area contributed by atoms with Crippen LogP contribution in [0.25, 0.3) is 0 Å². The number of halogens is 1. The summed E-state index contributed by atoms with van der Waals surface area (Å²) in [6.45, 7) is 0. The number of nitrogens with one attached hydrogen (secondary N) is 1. The van der Waals surface area contributed by atoms with E-state index < -0.39 is 4.92 Å². The van der Waals surface area contributed by atoms with Crippen molar-refractivity contribution in [2.24, 2.45) is 5.10 Å². The molecular formula is C12H9ClN4O3. The summed E-state index contributed by atoms with van der Waals surface area (Å²) in [4.78, 5) is 14.0. The van der Waals surface area contributed by atoms with Gasteiger partial charge in [-0.2, -0.15) is 5.10 Å². The van der Waals surface area contributed by atoms with Crippen molar-refractivity contribution in [2.45, 2.75) is 0 Å². The fraction of sp³-hybridized carbons (Fsp3) is 0. The van der Waals surface area contributed by atoms with E-state index in [1.54, 1.807) is 18.2 Å². The van der Waals surface area contributed by atoms with E-state index in [1.165, 1.54) is 24.4 Å². The standard InChI is InChI=1S/C12H9ClN4O3/c13-11-2-1-3-12(15-11)16-14-7-8-6-9(17(19)20)4-5-10(8)18/h1-7,18H,(H,15,16)/b14-7+. The summed E-state index contributed by atoms with van der Waals surface area (Å²) in [5.41, 5.74) is 2.69. The second-order valence-electron chi connectivity index (χ2n) is 3.72. The Morgan fingerprint density at radius 3 is 2.90 bits per heavy atom. The average molecular weight is 293 g/mol. The molecular weight excluding hydrogens is 284 g/mol. The van der Waals surface area contributed by atoms with Gasteiger partial charge in [0.25, 0.3) is 5.69 Å². The number of phenols is 1. The molecule has 1 heterocycles. The fourth-order valence-electron chi connectivity index (χ4n) is 1.40. The third-order valence-corrected chi connectivity index (χ3v) is 2.53. The van der Waals surface area contributed by atoms with E-state index in [-0.39, 0.29) is 17.0 Å². The number of nitro benzene ring substituents is 1. The van der Waals surface area contributed by atoms with Gasteiger partial charge in [0, 0.05) is 17.7 Å². The second kappa shape index (κ2) is 5.98. The first kappa shape index (κ1) is 13.8. The van der Waals surface area contributed by atoms with Crippen LogP contribution in [0.5, 0.6) is 5.75 Å². The molecule has 0 aliphatic carbocycles. The Morgan fingerprint density at radius 2 is 2.20 bits per heavy atom. The minimum Gasteiger partial charge on any atom is -0.507 e. The van der Waals surface area contributed by atoms with Gasteiger partial charge in [-0.1, -0.05) is 17.7 Å². The number of rotatable bonds is 4. The predicted octanol–water partition coefficient (Wildman–Crippen LogP) is 2.79. The molecule has 0 bridgehead atoms. The van der Waals surface area contributed by atoms with E-state index in [1.807, 2.05) is 0 Å². The number of non-ortho nitro benzene ring substituents is 1. The Bertz CT molecular complexity index is 676. The Balaban J connectivity index is 2.15. The molecule has 1 aromatic carbocycles. The number of aromatic nitrogens is 1. The van der Waals surface area contributed by atoms with Gasteiger partial charge in [-0.15, -0.1) is 0 Å². The lowest BCUT2D eigenvalue weighted by Crippen LogP contribution is -1.95. The molecule has 102 valence electrons. The number of hydrazone groups is 1. The molecule has 0 fully saturated rings. The van der Waals surface area contributed by atoms with Gasteiger partial charge in [-0.05, 0) is 18.2 Å². The van der Waals surface area contributed by atoms with Crippen LogP contribution in [0.4, 0.5) is 11.5 Å². The van der Waals surface area contributed by atoms with Gasteiger partial charge in [0.1, 0.15) is 16.7 Å². The van der Waals surface area contributed by atoms with Crippen molar-refractivity contribution < 1.29 is 10.0 Å². The lowest BCUT2D eigenvalue weighted by molar-refractivity contribution is -0.384. The van der Waals surface area contributed by atoms with Crippen LogP contribution in [-0.4, -0.2) is 21.2 Å². The SMILES string of the molecule is O=[N+]([O-])c1ccc(O)c(/C=N/Nc2cccc(Cl)n2)c1. The zero-order valence-corrected chi connectivity index (χ0v) is 10.8. The summed E-state index contributed by atoms with van der Waals surface area (Å²) >= 11 is 5.70. The Kier molecular flexibility index (Phi) is 4.11. The van der Waals surface area contributed by atoms with E-state index in [0.717, 1.165) is 0 Å². The van der Waals surface area contributed by atoms with Crippen molar-refractivity contribution in [2.75, 3.05) is 5.43 Å². The largest absolute Gasteiger partial charge is 0.507 e. The van der Waals surface area contributed by atoms with Crippen molar-refractivity contribution in [3.63, 3.8) is 0 Å². The third-order valence-electron chi connectivity index (χ3n) is 2.32. The highest BCUT2D eigenvalue weighted by Crippen LogP contribution is 2.21. The Labute approximate surface area is 118 Å². The maximum Gasteiger partial charge on any atom is 0.270 e. The molecule has 20 heavy (non-hydrogen) atoms. The molecule has 7 nitrogen and oxygen atoms in total. The minimum atomic E-state index is -0.553. The summed E-state index contributed by atoms with van der Waals surface area (Å²) < 4.78 is 0. The van der Waals surface area contributed by atoms with Gasteiger partial charge in [0.15, 0.2) is 0 Å². The summed E-state index contributed by atoms with van der Waals surface area (Å²) in [7, 11) is 0. The van der Waals surface area contributed by atoms with Gasteiger partial charge in [-0.3, -0.25) is 15.5 Å². The number of hydrogen-bond acceptors (Lipinski definition) is 6. The molecule has 0 saturated carbocycles. The maximum atomic E-state index is 10.6. The topological polar surface area (TPSA) is 101 Å². The molecule has 0 saturated heterocycles. The summed E-state index contributed by atoms with van der Waals surface area (Å²) in [6.07, 6.45) is 1.25. The van der Waals surface area contributed by atoms with Crippen LogP contribution < -0.4 is 5.43 Å². The number of phenolic OH excluding ortho intramolecular Hbond substituents is 1. The highest BCUT2D eigenvalue weighted by Gasteiger charge is 2.08. The number of nitro groups is 1. The van der Waals surface area contributed by atoms with Crippen LogP contribution in [0.2, 0.25) is 5.15 Å². The third kappa shape index (κ3) is 3.42. The van der Waals surface area contributed by atoms with Crippen molar-refractivity contribution in [3.8, 4) is 5.75 Å². The van der Waals surface area contributed by atoms with Gasteiger partial charge < -0.3 is 5.11 Å². The monoisotopic (exact) mass is 292 g/mol. The highest BCUT2D eigenvalue weighted by atomic mass is 35.5. The van der Waals surface area contributed by atoms with Crippen molar-refractivity contribution in [1.82, 2.24) is 4.98 Å². The zero-order valence-electron chi connectivity index (χ0n) is 10.0. The van der Waals surface area contributed by atoms with Crippen molar-refractivity contribution >= 4 is 29.3 Å². The summed E-state index contributed by atoms with van der Waals surface area (Å²) in [5, 5.41) is 24.4. The van der Waals surface area contributed by atoms with Crippen LogP contribution in [-0.2, 0) is 0 Å². The number of hydrogen-bond donors (Lipinski definition) is 2. The number of aromatic hydroxyl groups is 1. The smallest absolute Gasteiger partial charge is 0.270 e. The molecule has 2 rings (SSSR count). The van der Waals surface area contributed by atoms with Crippen molar-refractivity contribution in [1.29, 1.82) is 0 Å². The molecule has 2 N–H and O–H groups in total. The van der Waals surface area contributed by atoms with E-state index in [0.29, 0.717) is 11.0 Å². The molecule has 0 spiro atoms. The number of pyridine rings is 1. The normalized spacial score (nSPS) is 10.7. The van der Waals surface area contributed by atoms with Crippen LogP contribution in [0.1, 0.15) is 5.56 Å². The van der Waals surface area contributed by atoms with Gasteiger partial charge in [0.2, 0.25) is 0 Å². The summed E-state index contributed by atoms with van der Waals surface area (Å²) in [6, 6.07) is 8.61. The lowest BCUT2D eigenvalue weighted by atomic mass is 10.2. The highest BCUT2D eigenvalue weighted by molar-refractivity contribution is 6.29. The van der Waals surface area contributed by atoms with Gasteiger partial charge in [-0.25, -0.2) is 4.98 Å². The first-order chi connectivity index (χ1) is 9.56. The van der Waals surface area contributed by atoms with Crippen molar-refractivity contribution in [3.05, 3.63) is 57.2 Å². The van der Waals surface area contributed by atoms with E-state index in [9.17, 15) is 15.2 Å². The first-order valence-electron chi connectivity index (χ1n) is 5.45. The minimum absolute atomic E-state index is 0.111. The van der Waals surface area contributed by atoms with E-state index >= 15 is 0 Å². The Hall–Kier alpha value is -2.67. The van der Waals surface area contributed by atoms with Crippen LogP contribution >= 0.6 is 11.6 Å². The van der Waals surface area contributed by atoms with Crippen LogP contribution in [0.3, 0.4) is 0 Å². The molecule has 2 aromatic rings. The molecule has 0 amide bonds. The Morgan fingerprint density at radius 1 is 1.40 bits per heavy atom. The maximum absolute atomic E-state index is 10.6. The summed E-state index contributed by atoms with van der Waals surface area (Å²) in [5.74, 6) is 0.305. The first-order valence-corrected chi connectivity index (χ1v) is 5.83. The van der Waals surface area contributed by atoms with Gasteiger partial charge in [0.05, 0.1) is 11.1 Å². The van der Waals surface area contributed by atoms with Crippen LogP contribution in [0, 0.1) is 10.1 Å². The number of nitrogens with zero attached hydrogens (tertiary/aromatic N) is 3. The molecule has 1 aromatic heterocycles. The van der Waals surface area contributed by atoms with E-state index in [2.05, 4.69) is 15.5 Å². The fourth-order valence-corrected chi connectivity index (χ4v) is 1.56. The molecule has 0 aliphatic heterocycles. The van der Waals surface area contributed by atoms with E-state index in [4.69, 9.17) is 11.6 Å². The number of anilines is 1. The second-order valence-corrected chi connectivity index (χ2v) is 4.10. The zero-order chi connectivity index (χ0) is 14.5. The molecule has 0 radical (unpaired) electrons. The molecule has 0 atom stereocenters. The average Bonchev–Trinajstić information content (AvgIpc) is 2.40. The number of benzene rings is 1. The lowest BCUT2D eigenvalue weighted by Gasteiger charge is -2.00. The molecule has 0 aliphatic rings. The predicted molar refractivity (Wildman–Crippen MR) is 75.2 cm³/mol. The molecule has 0 unspecified atom stereocenters. The van der Waals surface area contributed by atoms with Crippen LogP contribution in [0.15, 0.2) is 41.5 Å². The van der Waals surface area contributed by atoms with Gasteiger partial charge >= 0.3 is 0 Å². The molecule has 8 heteroatoms. The quantitative estimate of drug-likeness (QED) is 0.390.